The van der Waals surface area contributed by atoms with E-state index >= 15 is 0 Å². The lowest BCUT2D eigenvalue weighted by Crippen LogP contribution is -2.57. The zero-order chi connectivity index (χ0) is 30.2. The van der Waals surface area contributed by atoms with Crippen LogP contribution in [0, 0.1) is 11.8 Å². The van der Waals surface area contributed by atoms with Gasteiger partial charge in [0.25, 0.3) is 11.8 Å². The second-order valence-electron chi connectivity index (χ2n) is 13.9. The SMILES string of the molecule is CC(F)(F)c1ccc(C(NC(=O)c2cnn3c2NC(c2ccccc2)CC3(C)C)(C2CCCCC2)C2CCCCC2)cc1. The van der Waals surface area contributed by atoms with Crippen molar-refractivity contribution in [3.8, 4) is 0 Å². The highest BCUT2D eigenvalue weighted by Gasteiger charge is 2.49. The topological polar surface area (TPSA) is 59.0 Å². The molecule has 0 radical (unpaired) electrons. The number of alkyl halides is 2. The molecular formula is C36H46F2N4O. The van der Waals surface area contributed by atoms with Crippen LogP contribution in [0.15, 0.2) is 60.8 Å². The van der Waals surface area contributed by atoms with Gasteiger partial charge in [0.15, 0.2) is 0 Å². The molecule has 1 aliphatic heterocycles. The third kappa shape index (κ3) is 5.72. The number of carbonyl (C=O) groups is 1. The van der Waals surface area contributed by atoms with E-state index in [-0.39, 0.29) is 34.9 Å². The van der Waals surface area contributed by atoms with Gasteiger partial charge in [-0.25, -0.2) is 13.5 Å². The number of fused-ring (bicyclic) bond motifs is 1. The Hall–Kier alpha value is -3.22. The van der Waals surface area contributed by atoms with Gasteiger partial charge < -0.3 is 10.6 Å². The van der Waals surface area contributed by atoms with Crippen molar-refractivity contribution in [2.24, 2.45) is 11.8 Å². The molecule has 2 saturated carbocycles. The number of hydrogen-bond donors (Lipinski definition) is 2. The Labute approximate surface area is 254 Å². The van der Waals surface area contributed by atoms with Crippen molar-refractivity contribution in [2.75, 3.05) is 5.32 Å². The average Bonchev–Trinajstić information content (AvgIpc) is 3.46. The van der Waals surface area contributed by atoms with Crippen LogP contribution >= 0.6 is 0 Å². The number of amides is 1. The van der Waals surface area contributed by atoms with E-state index in [1.807, 2.05) is 35.0 Å². The molecule has 3 aromatic rings. The molecule has 2 N–H and O–H groups in total. The summed E-state index contributed by atoms with van der Waals surface area (Å²) in [6.07, 6.45) is 13.5. The second kappa shape index (κ2) is 11.7. The number of carbonyl (C=O) groups excluding carboxylic acids is 1. The molecule has 6 rings (SSSR count). The maximum absolute atomic E-state index is 14.6. The van der Waals surface area contributed by atoms with E-state index < -0.39 is 11.5 Å². The summed E-state index contributed by atoms with van der Waals surface area (Å²) in [6.45, 7) is 5.28. The largest absolute Gasteiger partial charge is 0.363 e. The average molecular weight is 589 g/mol. The number of anilines is 1. The van der Waals surface area contributed by atoms with Gasteiger partial charge >= 0.3 is 0 Å². The van der Waals surface area contributed by atoms with Crippen LogP contribution in [0.2, 0.25) is 0 Å². The van der Waals surface area contributed by atoms with E-state index in [1.54, 1.807) is 18.3 Å². The molecule has 2 heterocycles. The van der Waals surface area contributed by atoms with E-state index in [0.29, 0.717) is 5.56 Å². The maximum atomic E-state index is 14.6. The number of benzene rings is 2. The van der Waals surface area contributed by atoms with Crippen LogP contribution in [0.1, 0.15) is 124 Å². The van der Waals surface area contributed by atoms with Crippen LogP contribution in [0.25, 0.3) is 0 Å². The van der Waals surface area contributed by atoms with Gasteiger partial charge in [0.2, 0.25) is 0 Å². The molecule has 2 aliphatic carbocycles. The highest BCUT2D eigenvalue weighted by molar-refractivity contribution is 5.99. The molecule has 230 valence electrons. The Bertz CT molecular complexity index is 1380. The molecular weight excluding hydrogens is 542 g/mol. The summed E-state index contributed by atoms with van der Waals surface area (Å²) in [4.78, 5) is 14.6. The van der Waals surface area contributed by atoms with Crippen molar-refractivity contribution in [1.29, 1.82) is 0 Å². The van der Waals surface area contributed by atoms with Crippen molar-refractivity contribution in [2.45, 2.75) is 114 Å². The molecule has 1 amide bonds. The lowest BCUT2D eigenvalue weighted by Gasteiger charge is -2.50. The molecule has 0 saturated heterocycles. The van der Waals surface area contributed by atoms with Crippen molar-refractivity contribution in [3.05, 3.63) is 83.0 Å². The summed E-state index contributed by atoms with van der Waals surface area (Å²) in [7, 11) is 0. The minimum Gasteiger partial charge on any atom is -0.363 e. The van der Waals surface area contributed by atoms with E-state index in [2.05, 4.69) is 36.6 Å². The first kappa shape index (κ1) is 29.8. The van der Waals surface area contributed by atoms with Crippen LogP contribution in [-0.2, 0) is 17.0 Å². The number of halogens is 2. The Kier molecular flexibility index (Phi) is 8.12. The quantitative estimate of drug-likeness (QED) is 0.289. The molecule has 3 aliphatic rings. The molecule has 7 heteroatoms. The lowest BCUT2D eigenvalue weighted by molar-refractivity contribution is 0.0172. The number of aromatic nitrogens is 2. The Morgan fingerprint density at radius 3 is 2.00 bits per heavy atom. The summed E-state index contributed by atoms with van der Waals surface area (Å²) in [5.74, 6) is -1.82. The van der Waals surface area contributed by atoms with E-state index in [4.69, 9.17) is 5.10 Å². The molecule has 2 fully saturated rings. The minimum atomic E-state index is -2.91. The van der Waals surface area contributed by atoms with Gasteiger partial charge in [0.05, 0.1) is 23.3 Å². The fourth-order valence-corrected chi connectivity index (χ4v) is 8.29. The summed E-state index contributed by atoms with van der Waals surface area (Å²) in [5.41, 5.74) is 1.78. The number of nitrogens with one attached hydrogen (secondary N) is 2. The molecule has 0 spiro atoms. The van der Waals surface area contributed by atoms with E-state index in [9.17, 15) is 13.6 Å². The zero-order valence-corrected chi connectivity index (χ0v) is 25.8. The van der Waals surface area contributed by atoms with E-state index in [1.165, 1.54) is 18.4 Å². The zero-order valence-electron chi connectivity index (χ0n) is 25.8. The molecule has 43 heavy (non-hydrogen) atoms. The summed E-state index contributed by atoms with van der Waals surface area (Å²) in [5, 5.41) is 12.1. The van der Waals surface area contributed by atoms with Crippen molar-refractivity contribution < 1.29 is 13.6 Å². The van der Waals surface area contributed by atoms with E-state index in [0.717, 1.165) is 76.1 Å². The van der Waals surface area contributed by atoms with Crippen molar-refractivity contribution in [1.82, 2.24) is 15.1 Å². The number of rotatable bonds is 7. The van der Waals surface area contributed by atoms with Crippen LogP contribution in [0.3, 0.4) is 0 Å². The van der Waals surface area contributed by atoms with Gasteiger partial charge in [-0.2, -0.15) is 5.10 Å². The fraction of sp³-hybridized carbons (Fsp3) is 0.556. The number of nitrogens with zero attached hydrogens (tertiary/aromatic N) is 2. The normalized spacial score (nSPS) is 21.6. The first-order valence-electron chi connectivity index (χ1n) is 16.3. The van der Waals surface area contributed by atoms with Crippen molar-refractivity contribution >= 4 is 11.7 Å². The molecule has 2 aromatic carbocycles. The Morgan fingerprint density at radius 2 is 1.44 bits per heavy atom. The predicted molar refractivity (Wildman–Crippen MR) is 167 cm³/mol. The Balaban J connectivity index is 1.42. The van der Waals surface area contributed by atoms with Gasteiger partial charge in [0.1, 0.15) is 11.4 Å². The lowest BCUT2D eigenvalue weighted by atomic mass is 9.61. The van der Waals surface area contributed by atoms with Crippen molar-refractivity contribution in [3.63, 3.8) is 0 Å². The van der Waals surface area contributed by atoms with Gasteiger partial charge in [-0.15, -0.1) is 0 Å². The minimum absolute atomic E-state index is 0.00727. The molecule has 5 nitrogen and oxygen atoms in total. The van der Waals surface area contributed by atoms with Crippen LogP contribution < -0.4 is 10.6 Å². The van der Waals surface area contributed by atoms with Gasteiger partial charge in [-0.3, -0.25) is 4.79 Å². The summed E-state index contributed by atoms with van der Waals surface area (Å²) >= 11 is 0. The smallest absolute Gasteiger partial charge is 0.270 e. The predicted octanol–water partition coefficient (Wildman–Crippen LogP) is 9.07. The molecule has 0 bridgehead atoms. The third-order valence-electron chi connectivity index (χ3n) is 10.5. The first-order chi connectivity index (χ1) is 20.6. The molecule has 1 atom stereocenters. The van der Waals surface area contributed by atoms with Crippen LogP contribution in [0.4, 0.5) is 14.6 Å². The highest BCUT2D eigenvalue weighted by atomic mass is 19.3. The monoisotopic (exact) mass is 588 g/mol. The van der Waals surface area contributed by atoms with Crippen LogP contribution in [-0.4, -0.2) is 15.7 Å². The Morgan fingerprint density at radius 1 is 0.884 bits per heavy atom. The van der Waals surface area contributed by atoms with Crippen LogP contribution in [0.5, 0.6) is 0 Å². The summed E-state index contributed by atoms with van der Waals surface area (Å²) < 4.78 is 30.5. The standard InChI is InChI=1S/C36H46F2N4O/c1-34(2)23-31(25-13-7-4-8-14-25)40-32-30(24-39-42(32)34)33(43)41-36(27-15-9-5-10-16-27,28-17-11-6-12-18-28)29-21-19-26(20-22-29)35(3,37)38/h4,7-8,13-14,19-22,24,27-28,31,40H,5-6,9-12,15-18,23H2,1-3H3,(H,41,43). The van der Waals surface area contributed by atoms with Gasteiger partial charge in [-0.05, 0) is 68.9 Å². The highest BCUT2D eigenvalue weighted by Crippen LogP contribution is 2.50. The summed E-state index contributed by atoms with van der Waals surface area (Å²) in [6, 6.07) is 17.3. The molecule has 1 unspecified atom stereocenters. The molecule has 1 aromatic heterocycles. The maximum Gasteiger partial charge on any atom is 0.270 e. The fourth-order valence-electron chi connectivity index (χ4n) is 8.29. The second-order valence-corrected chi connectivity index (χ2v) is 13.9. The van der Waals surface area contributed by atoms with Gasteiger partial charge in [-0.1, -0.05) is 93.1 Å². The van der Waals surface area contributed by atoms with Gasteiger partial charge in [0, 0.05) is 12.5 Å². The third-order valence-corrected chi connectivity index (χ3v) is 10.5. The first-order valence-corrected chi connectivity index (χ1v) is 16.3. The number of hydrogen-bond acceptors (Lipinski definition) is 3.